The molecule has 6 heteroatoms. The summed E-state index contributed by atoms with van der Waals surface area (Å²) in [7, 11) is 0. The molecule has 2 aromatic heterocycles. The van der Waals surface area contributed by atoms with Crippen molar-refractivity contribution in [1.29, 1.82) is 0 Å². The third-order valence-corrected chi connectivity index (χ3v) is 6.67. The SMILES string of the molecule is Cc1nc(SCc2cccc(C(=O)O)c2)c2c3c(sc2n1)CCCC3. The van der Waals surface area contributed by atoms with E-state index in [9.17, 15) is 4.79 Å². The third-order valence-electron chi connectivity index (χ3n) is 4.44. The van der Waals surface area contributed by atoms with Crippen LogP contribution in [0, 0.1) is 6.92 Å². The Balaban J connectivity index is 1.68. The summed E-state index contributed by atoms with van der Waals surface area (Å²) in [5.41, 5.74) is 2.77. The minimum Gasteiger partial charge on any atom is -0.478 e. The molecule has 3 aromatic rings. The molecule has 0 spiro atoms. The van der Waals surface area contributed by atoms with Crippen molar-refractivity contribution in [2.75, 3.05) is 0 Å². The first kappa shape index (κ1) is 16.5. The Morgan fingerprint density at radius 3 is 2.96 bits per heavy atom. The molecule has 0 bridgehead atoms. The molecule has 0 saturated heterocycles. The molecule has 2 heterocycles. The highest BCUT2D eigenvalue weighted by atomic mass is 32.2. The topological polar surface area (TPSA) is 63.1 Å². The quantitative estimate of drug-likeness (QED) is 0.524. The van der Waals surface area contributed by atoms with Gasteiger partial charge in [0, 0.05) is 16.0 Å². The third kappa shape index (κ3) is 3.28. The van der Waals surface area contributed by atoms with Crippen LogP contribution < -0.4 is 0 Å². The zero-order chi connectivity index (χ0) is 17.4. The molecule has 0 unspecified atom stereocenters. The van der Waals surface area contributed by atoms with Crippen molar-refractivity contribution in [2.24, 2.45) is 0 Å². The van der Waals surface area contributed by atoms with Crippen LogP contribution in [0.5, 0.6) is 0 Å². The summed E-state index contributed by atoms with van der Waals surface area (Å²) < 4.78 is 0. The molecule has 1 aromatic carbocycles. The Morgan fingerprint density at radius 1 is 1.28 bits per heavy atom. The van der Waals surface area contributed by atoms with Crippen molar-refractivity contribution < 1.29 is 9.90 Å². The van der Waals surface area contributed by atoms with Gasteiger partial charge < -0.3 is 5.11 Å². The first-order valence-corrected chi connectivity index (χ1v) is 10.2. The highest BCUT2D eigenvalue weighted by Crippen LogP contribution is 2.40. The first-order chi connectivity index (χ1) is 12.1. The van der Waals surface area contributed by atoms with Gasteiger partial charge in [0.1, 0.15) is 15.7 Å². The molecule has 1 aliphatic carbocycles. The number of aryl methyl sites for hydroxylation is 3. The van der Waals surface area contributed by atoms with Crippen molar-refractivity contribution in [3.8, 4) is 0 Å². The highest BCUT2D eigenvalue weighted by molar-refractivity contribution is 7.98. The number of nitrogens with zero attached hydrogens (tertiary/aromatic N) is 2. The van der Waals surface area contributed by atoms with Gasteiger partial charge in [-0.25, -0.2) is 14.8 Å². The second-order valence-corrected chi connectivity index (χ2v) is 8.31. The summed E-state index contributed by atoms with van der Waals surface area (Å²) >= 11 is 3.49. The monoisotopic (exact) mass is 370 g/mol. The molecular formula is C19H18N2O2S2. The zero-order valence-electron chi connectivity index (χ0n) is 13.9. The summed E-state index contributed by atoms with van der Waals surface area (Å²) in [5.74, 6) is 0.615. The normalized spacial score (nSPS) is 13.8. The van der Waals surface area contributed by atoms with E-state index in [1.54, 1.807) is 30.0 Å². The summed E-state index contributed by atoms with van der Waals surface area (Å²) in [5, 5.41) is 11.4. The number of rotatable bonds is 4. The average molecular weight is 370 g/mol. The molecule has 1 aliphatic rings. The zero-order valence-corrected chi connectivity index (χ0v) is 15.5. The second kappa shape index (κ2) is 6.77. The van der Waals surface area contributed by atoms with Gasteiger partial charge in [-0.05, 0) is 55.9 Å². The summed E-state index contributed by atoms with van der Waals surface area (Å²) in [6.07, 6.45) is 4.76. The van der Waals surface area contributed by atoms with E-state index in [4.69, 9.17) is 10.1 Å². The molecule has 0 atom stereocenters. The number of carboxylic acid groups (broad SMARTS) is 1. The average Bonchev–Trinajstić information content (AvgIpc) is 2.98. The first-order valence-electron chi connectivity index (χ1n) is 8.36. The largest absolute Gasteiger partial charge is 0.478 e. The van der Waals surface area contributed by atoms with Crippen molar-refractivity contribution in [2.45, 2.75) is 43.4 Å². The molecular weight excluding hydrogens is 352 g/mol. The van der Waals surface area contributed by atoms with Gasteiger partial charge >= 0.3 is 5.97 Å². The molecule has 128 valence electrons. The minimum atomic E-state index is -0.890. The van der Waals surface area contributed by atoms with Crippen molar-refractivity contribution in [3.05, 3.63) is 51.7 Å². The summed E-state index contributed by atoms with van der Waals surface area (Å²) in [6, 6.07) is 7.13. The summed E-state index contributed by atoms with van der Waals surface area (Å²) in [6.45, 7) is 1.94. The lowest BCUT2D eigenvalue weighted by molar-refractivity contribution is 0.0697. The van der Waals surface area contributed by atoms with Crippen LogP contribution in [0.4, 0.5) is 0 Å². The van der Waals surface area contributed by atoms with E-state index in [-0.39, 0.29) is 0 Å². The molecule has 4 nitrogen and oxygen atoms in total. The van der Waals surface area contributed by atoms with Gasteiger partial charge in [0.05, 0.1) is 5.56 Å². The standard InChI is InChI=1S/C19H18N2O2S2/c1-11-20-17(24-10-12-5-4-6-13(9-12)19(22)23)16-14-7-2-3-8-15(14)25-18(16)21-11/h4-6,9H,2-3,7-8,10H2,1H3,(H,22,23). The fraction of sp³-hybridized carbons (Fsp3) is 0.316. The summed E-state index contributed by atoms with van der Waals surface area (Å²) in [4.78, 5) is 23.1. The van der Waals surface area contributed by atoms with Gasteiger partial charge in [-0.15, -0.1) is 23.1 Å². The maximum Gasteiger partial charge on any atom is 0.335 e. The highest BCUT2D eigenvalue weighted by Gasteiger charge is 2.20. The van der Waals surface area contributed by atoms with Crippen LogP contribution in [0.2, 0.25) is 0 Å². The number of thioether (sulfide) groups is 1. The predicted molar refractivity (Wildman–Crippen MR) is 102 cm³/mol. The van der Waals surface area contributed by atoms with Crippen molar-refractivity contribution in [3.63, 3.8) is 0 Å². The van der Waals surface area contributed by atoms with E-state index < -0.39 is 5.97 Å². The van der Waals surface area contributed by atoms with E-state index in [0.29, 0.717) is 11.3 Å². The van der Waals surface area contributed by atoms with Crippen molar-refractivity contribution >= 4 is 39.3 Å². The number of thiophene rings is 1. The Labute approximate surface area is 154 Å². The fourth-order valence-corrected chi connectivity index (χ4v) is 5.69. The van der Waals surface area contributed by atoms with E-state index in [2.05, 4.69) is 4.98 Å². The Kier molecular flexibility index (Phi) is 4.48. The smallest absolute Gasteiger partial charge is 0.335 e. The lowest BCUT2D eigenvalue weighted by Gasteiger charge is -2.12. The van der Waals surface area contributed by atoms with Gasteiger partial charge in [-0.3, -0.25) is 0 Å². The Morgan fingerprint density at radius 2 is 2.12 bits per heavy atom. The number of carboxylic acids is 1. The number of aromatic nitrogens is 2. The molecule has 0 radical (unpaired) electrons. The van der Waals surface area contributed by atoms with E-state index in [0.717, 1.165) is 34.1 Å². The minimum absolute atomic E-state index is 0.329. The van der Waals surface area contributed by atoms with E-state index in [1.165, 1.54) is 28.7 Å². The van der Waals surface area contributed by atoms with Crippen LogP contribution in [0.1, 0.15) is 45.0 Å². The number of fused-ring (bicyclic) bond motifs is 3. The van der Waals surface area contributed by atoms with Crippen LogP contribution in [0.3, 0.4) is 0 Å². The van der Waals surface area contributed by atoms with Gasteiger partial charge in [-0.2, -0.15) is 0 Å². The molecule has 0 aliphatic heterocycles. The number of aromatic carboxylic acids is 1. The molecule has 25 heavy (non-hydrogen) atoms. The number of hydrogen-bond donors (Lipinski definition) is 1. The second-order valence-electron chi connectivity index (χ2n) is 6.26. The maximum absolute atomic E-state index is 11.1. The number of carbonyl (C=O) groups is 1. The van der Waals surface area contributed by atoms with Gasteiger partial charge in [-0.1, -0.05) is 12.1 Å². The maximum atomic E-state index is 11.1. The van der Waals surface area contributed by atoms with E-state index in [1.807, 2.05) is 24.3 Å². The molecule has 0 fully saturated rings. The fourth-order valence-electron chi connectivity index (χ4n) is 3.28. The van der Waals surface area contributed by atoms with Crippen LogP contribution in [-0.2, 0) is 18.6 Å². The predicted octanol–water partition coefficient (Wildman–Crippen LogP) is 4.87. The Bertz CT molecular complexity index is 965. The van der Waals surface area contributed by atoms with E-state index >= 15 is 0 Å². The van der Waals surface area contributed by atoms with Crippen LogP contribution in [0.15, 0.2) is 29.3 Å². The van der Waals surface area contributed by atoms with Gasteiger partial charge in [0.2, 0.25) is 0 Å². The van der Waals surface area contributed by atoms with Crippen molar-refractivity contribution in [1.82, 2.24) is 9.97 Å². The van der Waals surface area contributed by atoms with Gasteiger partial charge in [0.25, 0.3) is 0 Å². The van der Waals surface area contributed by atoms with Gasteiger partial charge in [0.15, 0.2) is 0 Å². The lowest BCUT2D eigenvalue weighted by Crippen LogP contribution is -2.00. The molecule has 0 amide bonds. The van der Waals surface area contributed by atoms with Crippen LogP contribution in [0.25, 0.3) is 10.2 Å². The molecule has 1 N–H and O–H groups in total. The number of benzene rings is 1. The Hall–Kier alpha value is -1.92. The number of hydrogen-bond acceptors (Lipinski definition) is 5. The van der Waals surface area contributed by atoms with Crippen LogP contribution >= 0.6 is 23.1 Å². The lowest BCUT2D eigenvalue weighted by atomic mass is 9.97. The van der Waals surface area contributed by atoms with Crippen LogP contribution in [-0.4, -0.2) is 21.0 Å². The molecule has 4 rings (SSSR count). The molecule has 0 saturated carbocycles.